The predicted octanol–water partition coefficient (Wildman–Crippen LogP) is 5.01. The van der Waals surface area contributed by atoms with Gasteiger partial charge in [-0.15, -0.1) is 0 Å². The van der Waals surface area contributed by atoms with Gasteiger partial charge in [0, 0.05) is 21.8 Å². The zero-order valence-corrected chi connectivity index (χ0v) is 15.4. The van der Waals surface area contributed by atoms with Gasteiger partial charge in [0.1, 0.15) is 12.0 Å². The van der Waals surface area contributed by atoms with Crippen LogP contribution in [-0.2, 0) is 19.9 Å². The van der Waals surface area contributed by atoms with Crippen molar-refractivity contribution in [3.63, 3.8) is 0 Å². The number of carboxylic acids is 1. The van der Waals surface area contributed by atoms with E-state index in [9.17, 15) is 9.59 Å². The molecule has 0 atom stereocenters. The smallest absolute Gasteiger partial charge is 0.318 e. The zero-order valence-electron chi connectivity index (χ0n) is 14.6. The van der Waals surface area contributed by atoms with Crippen molar-refractivity contribution < 1.29 is 19.4 Å². The Morgan fingerprint density at radius 3 is 2.54 bits per heavy atom. The van der Waals surface area contributed by atoms with Gasteiger partial charge in [0.15, 0.2) is 0 Å². The minimum absolute atomic E-state index is 0.543. The molecule has 0 spiro atoms. The summed E-state index contributed by atoms with van der Waals surface area (Å²) in [6, 6.07) is 11.5. The quantitative estimate of drug-likeness (QED) is 0.470. The van der Waals surface area contributed by atoms with Crippen LogP contribution in [0.3, 0.4) is 0 Å². The summed E-state index contributed by atoms with van der Waals surface area (Å²) in [6.07, 6.45) is 0.439. The SMILES string of the molecule is CCC(CC)(OC(=O)CC(=O)O)c1ccc2c(c1)[nH]c1cccc(Cl)c12. The molecule has 136 valence electrons. The molecule has 0 unspecified atom stereocenters. The monoisotopic (exact) mass is 373 g/mol. The molecule has 0 bridgehead atoms. The highest BCUT2D eigenvalue weighted by molar-refractivity contribution is 6.37. The molecule has 2 N–H and O–H groups in total. The summed E-state index contributed by atoms with van der Waals surface area (Å²) in [5.41, 5.74) is 1.80. The molecule has 0 saturated heterocycles. The van der Waals surface area contributed by atoms with Crippen molar-refractivity contribution in [3.8, 4) is 0 Å². The number of aromatic nitrogens is 1. The summed E-state index contributed by atoms with van der Waals surface area (Å²) < 4.78 is 5.62. The Hall–Kier alpha value is -2.53. The predicted molar refractivity (Wildman–Crippen MR) is 101 cm³/mol. The second-order valence-electron chi connectivity index (χ2n) is 6.29. The van der Waals surface area contributed by atoms with Gasteiger partial charge in [-0.3, -0.25) is 9.59 Å². The lowest BCUT2D eigenvalue weighted by Crippen LogP contribution is -2.32. The highest BCUT2D eigenvalue weighted by Crippen LogP contribution is 2.38. The van der Waals surface area contributed by atoms with Gasteiger partial charge in [0.05, 0.1) is 5.02 Å². The van der Waals surface area contributed by atoms with E-state index in [4.69, 9.17) is 21.4 Å². The van der Waals surface area contributed by atoms with Gasteiger partial charge in [-0.2, -0.15) is 0 Å². The number of carbonyl (C=O) groups excluding carboxylic acids is 1. The number of esters is 1. The van der Waals surface area contributed by atoms with Crippen LogP contribution in [0.15, 0.2) is 36.4 Å². The van der Waals surface area contributed by atoms with E-state index in [0.29, 0.717) is 17.9 Å². The maximum atomic E-state index is 12.0. The number of rotatable bonds is 6. The summed E-state index contributed by atoms with van der Waals surface area (Å²) in [5, 5.41) is 11.4. The molecular weight excluding hydrogens is 354 g/mol. The summed E-state index contributed by atoms with van der Waals surface area (Å²) in [6.45, 7) is 3.84. The number of carboxylic acid groups (broad SMARTS) is 1. The minimum atomic E-state index is -1.20. The third-order valence-corrected chi connectivity index (χ3v) is 5.16. The molecule has 0 aliphatic heterocycles. The summed E-state index contributed by atoms with van der Waals surface area (Å²) in [5.74, 6) is -1.93. The third kappa shape index (κ3) is 3.15. The van der Waals surface area contributed by atoms with Crippen LogP contribution in [0.2, 0.25) is 5.02 Å². The third-order valence-electron chi connectivity index (χ3n) is 4.84. The molecule has 0 saturated carbocycles. The van der Waals surface area contributed by atoms with E-state index in [0.717, 1.165) is 27.4 Å². The van der Waals surface area contributed by atoms with Crippen molar-refractivity contribution in [1.29, 1.82) is 0 Å². The number of aromatic amines is 1. The first-order valence-corrected chi connectivity index (χ1v) is 8.92. The molecule has 3 aromatic rings. The van der Waals surface area contributed by atoms with E-state index >= 15 is 0 Å². The van der Waals surface area contributed by atoms with Crippen LogP contribution in [0.4, 0.5) is 0 Å². The molecular formula is C20H20ClNO4. The highest BCUT2D eigenvalue weighted by Gasteiger charge is 2.33. The Bertz CT molecular complexity index is 988. The number of H-pyrrole nitrogens is 1. The van der Waals surface area contributed by atoms with E-state index in [-0.39, 0.29) is 0 Å². The molecule has 0 aliphatic rings. The molecule has 1 aromatic heterocycles. The minimum Gasteiger partial charge on any atom is -0.481 e. The Morgan fingerprint density at radius 2 is 1.88 bits per heavy atom. The average molecular weight is 374 g/mol. The molecule has 1 heterocycles. The largest absolute Gasteiger partial charge is 0.481 e. The van der Waals surface area contributed by atoms with Crippen molar-refractivity contribution >= 4 is 45.3 Å². The zero-order chi connectivity index (χ0) is 18.9. The number of nitrogens with one attached hydrogen (secondary N) is 1. The van der Waals surface area contributed by atoms with Gasteiger partial charge >= 0.3 is 11.9 Å². The molecule has 6 heteroatoms. The van der Waals surface area contributed by atoms with Gasteiger partial charge < -0.3 is 14.8 Å². The molecule has 0 radical (unpaired) electrons. The number of hydrogen-bond acceptors (Lipinski definition) is 3. The van der Waals surface area contributed by atoms with Gasteiger partial charge in [-0.25, -0.2) is 0 Å². The van der Waals surface area contributed by atoms with Crippen LogP contribution in [0.5, 0.6) is 0 Å². The lowest BCUT2D eigenvalue weighted by Gasteiger charge is -2.32. The van der Waals surface area contributed by atoms with Crippen molar-refractivity contribution in [2.24, 2.45) is 0 Å². The Kier molecular flexibility index (Phi) is 4.92. The maximum Gasteiger partial charge on any atom is 0.318 e. The van der Waals surface area contributed by atoms with Crippen molar-refractivity contribution in [1.82, 2.24) is 4.98 Å². The lowest BCUT2D eigenvalue weighted by molar-refractivity contribution is -0.165. The van der Waals surface area contributed by atoms with Crippen LogP contribution < -0.4 is 0 Å². The van der Waals surface area contributed by atoms with E-state index in [1.54, 1.807) is 0 Å². The van der Waals surface area contributed by atoms with Crippen molar-refractivity contribution in [2.75, 3.05) is 0 Å². The van der Waals surface area contributed by atoms with Gasteiger partial charge in [-0.05, 0) is 36.6 Å². The lowest BCUT2D eigenvalue weighted by atomic mass is 9.87. The molecule has 2 aromatic carbocycles. The van der Waals surface area contributed by atoms with Gasteiger partial charge in [0.25, 0.3) is 0 Å². The van der Waals surface area contributed by atoms with Crippen LogP contribution >= 0.6 is 11.6 Å². The molecule has 0 aliphatic carbocycles. The number of hydrogen-bond donors (Lipinski definition) is 2. The Balaban J connectivity index is 2.08. The first-order chi connectivity index (χ1) is 12.4. The standard InChI is InChI=1S/C20H20ClNO4/c1-3-20(4-2,26-18(25)11-17(23)24)12-8-9-13-16(10-12)22-15-7-5-6-14(21)19(13)15/h5-10,22H,3-4,11H2,1-2H3,(H,23,24). The Morgan fingerprint density at radius 1 is 1.15 bits per heavy atom. The first-order valence-electron chi connectivity index (χ1n) is 8.54. The fraction of sp³-hybridized carbons (Fsp3) is 0.300. The second kappa shape index (κ2) is 7.00. The van der Waals surface area contributed by atoms with E-state index in [2.05, 4.69) is 4.98 Å². The van der Waals surface area contributed by atoms with Crippen LogP contribution in [-0.4, -0.2) is 22.0 Å². The van der Waals surface area contributed by atoms with E-state index in [1.165, 1.54) is 0 Å². The van der Waals surface area contributed by atoms with Crippen LogP contribution in [0.25, 0.3) is 21.8 Å². The molecule has 26 heavy (non-hydrogen) atoms. The van der Waals surface area contributed by atoms with Gasteiger partial charge in [-0.1, -0.05) is 43.6 Å². The molecule has 0 amide bonds. The topological polar surface area (TPSA) is 79.4 Å². The molecule has 3 rings (SSSR count). The number of benzene rings is 2. The van der Waals surface area contributed by atoms with Crippen molar-refractivity contribution in [3.05, 3.63) is 47.0 Å². The number of carbonyl (C=O) groups is 2. The summed E-state index contributed by atoms with van der Waals surface area (Å²) in [4.78, 5) is 26.1. The average Bonchev–Trinajstić information content (AvgIpc) is 2.98. The summed E-state index contributed by atoms with van der Waals surface area (Å²) >= 11 is 6.33. The molecule has 0 fully saturated rings. The second-order valence-corrected chi connectivity index (χ2v) is 6.70. The van der Waals surface area contributed by atoms with E-state index < -0.39 is 24.0 Å². The van der Waals surface area contributed by atoms with Gasteiger partial charge in [0.2, 0.25) is 0 Å². The van der Waals surface area contributed by atoms with E-state index in [1.807, 2.05) is 50.2 Å². The fourth-order valence-corrected chi connectivity index (χ4v) is 3.71. The first kappa shape index (κ1) is 18.3. The van der Waals surface area contributed by atoms with Crippen molar-refractivity contribution in [2.45, 2.75) is 38.7 Å². The Labute approximate surface area is 155 Å². The number of fused-ring (bicyclic) bond motifs is 3. The highest BCUT2D eigenvalue weighted by atomic mass is 35.5. The van der Waals surface area contributed by atoms with Crippen LogP contribution in [0, 0.1) is 0 Å². The summed E-state index contributed by atoms with van der Waals surface area (Å²) in [7, 11) is 0. The normalized spacial score (nSPS) is 11.8. The fourth-order valence-electron chi connectivity index (χ4n) is 3.44. The van der Waals surface area contributed by atoms with Crippen LogP contribution in [0.1, 0.15) is 38.7 Å². The number of halogens is 1. The molecule has 5 nitrogen and oxygen atoms in total. The maximum absolute atomic E-state index is 12.0. The number of aliphatic carboxylic acids is 1. The number of ether oxygens (including phenoxy) is 1.